The number of hydrogen-bond donors (Lipinski definition) is 1. The highest BCUT2D eigenvalue weighted by atomic mass is 19.3. The van der Waals surface area contributed by atoms with Gasteiger partial charge < -0.3 is 9.67 Å². The Kier molecular flexibility index (Phi) is 3.54. The molecule has 19 heavy (non-hydrogen) atoms. The molecule has 9 heteroatoms. The van der Waals surface area contributed by atoms with E-state index >= 15 is 0 Å². The van der Waals surface area contributed by atoms with Crippen LogP contribution < -0.4 is 0 Å². The Balaban J connectivity index is 2.21. The Labute approximate surface area is 106 Å². The fourth-order valence-corrected chi connectivity index (χ4v) is 1.70. The molecule has 0 unspecified atom stereocenters. The van der Waals surface area contributed by atoms with E-state index in [4.69, 9.17) is 5.11 Å². The molecule has 0 aliphatic rings. The molecule has 2 heterocycles. The summed E-state index contributed by atoms with van der Waals surface area (Å²) < 4.78 is 28.3. The smallest absolute Gasteiger partial charge is 0.358 e. The summed E-state index contributed by atoms with van der Waals surface area (Å²) in [5, 5.41) is 15.5. The van der Waals surface area contributed by atoms with Crippen molar-refractivity contribution >= 4 is 5.97 Å². The number of carboxylic acids is 1. The highest BCUT2D eigenvalue weighted by molar-refractivity contribution is 5.86. The van der Waals surface area contributed by atoms with Gasteiger partial charge in [0.2, 0.25) is 0 Å². The topological polar surface area (TPSA) is 85.8 Å². The third-order valence-electron chi connectivity index (χ3n) is 2.65. The van der Waals surface area contributed by atoms with Crippen molar-refractivity contribution in [2.75, 3.05) is 0 Å². The maximum absolute atomic E-state index is 12.8. The first kappa shape index (κ1) is 13.1. The third-order valence-corrected chi connectivity index (χ3v) is 2.65. The Morgan fingerprint density at radius 2 is 2.26 bits per heavy atom. The fourth-order valence-electron chi connectivity index (χ4n) is 1.70. The second-order valence-electron chi connectivity index (χ2n) is 3.86. The van der Waals surface area contributed by atoms with Gasteiger partial charge in [-0.05, 0) is 0 Å². The monoisotopic (exact) mass is 271 g/mol. The van der Waals surface area contributed by atoms with Gasteiger partial charge in [0.05, 0.1) is 6.54 Å². The SMILES string of the molecule is Cn1ccnc1CCn1nnc(C(=O)O)c1C(F)F. The Bertz CT molecular complexity index is 593. The third kappa shape index (κ3) is 2.59. The highest BCUT2D eigenvalue weighted by Crippen LogP contribution is 2.21. The van der Waals surface area contributed by atoms with E-state index in [9.17, 15) is 13.6 Å². The van der Waals surface area contributed by atoms with Crippen LogP contribution in [0.4, 0.5) is 8.78 Å². The van der Waals surface area contributed by atoms with Crippen molar-refractivity contribution in [2.45, 2.75) is 19.4 Å². The van der Waals surface area contributed by atoms with Gasteiger partial charge in [0.15, 0.2) is 5.69 Å². The number of rotatable bonds is 5. The minimum atomic E-state index is -2.94. The van der Waals surface area contributed by atoms with Crippen molar-refractivity contribution in [3.05, 3.63) is 29.6 Å². The lowest BCUT2D eigenvalue weighted by Crippen LogP contribution is -2.12. The maximum Gasteiger partial charge on any atom is 0.358 e. The molecule has 0 aliphatic heterocycles. The van der Waals surface area contributed by atoms with E-state index in [0.717, 1.165) is 4.68 Å². The summed E-state index contributed by atoms with van der Waals surface area (Å²) in [5.74, 6) is -0.828. The van der Waals surface area contributed by atoms with Gasteiger partial charge in [0, 0.05) is 25.9 Å². The normalized spacial score (nSPS) is 11.2. The van der Waals surface area contributed by atoms with Gasteiger partial charge in [0.25, 0.3) is 6.43 Å². The lowest BCUT2D eigenvalue weighted by molar-refractivity contribution is 0.0675. The molecular weight excluding hydrogens is 260 g/mol. The standard InChI is InChI=1S/C10H11F2N5O2/c1-16-5-3-13-6(16)2-4-17-8(9(11)12)7(10(18)19)14-15-17/h3,5,9H,2,4H2,1H3,(H,18,19). The minimum absolute atomic E-state index is 0.0881. The van der Waals surface area contributed by atoms with Gasteiger partial charge in [0.1, 0.15) is 11.5 Å². The highest BCUT2D eigenvalue weighted by Gasteiger charge is 2.26. The molecule has 0 saturated heterocycles. The first-order chi connectivity index (χ1) is 9.00. The number of hydrogen-bond acceptors (Lipinski definition) is 4. The molecule has 0 radical (unpaired) electrons. The second-order valence-corrected chi connectivity index (χ2v) is 3.86. The molecule has 0 amide bonds. The van der Waals surface area contributed by atoms with Gasteiger partial charge in [-0.25, -0.2) is 23.2 Å². The van der Waals surface area contributed by atoms with Crippen LogP contribution in [0.3, 0.4) is 0 Å². The molecular formula is C10H11F2N5O2. The molecule has 1 N–H and O–H groups in total. The first-order valence-corrected chi connectivity index (χ1v) is 5.41. The van der Waals surface area contributed by atoms with Gasteiger partial charge in [-0.15, -0.1) is 5.10 Å². The van der Waals surface area contributed by atoms with E-state index in [-0.39, 0.29) is 6.54 Å². The summed E-state index contributed by atoms with van der Waals surface area (Å²) >= 11 is 0. The molecule has 0 saturated carbocycles. The number of aromatic nitrogens is 5. The lowest BCUT2D eigenvalue weighted by atomic mass is 10.3. The van der Waals surface area contributed by atoms with Crippen molar-refractivity contribution in [1.82, 2.24) is 24.5 Å². The summed E-state index contributed by atoms with van der Waals surface area (Å²) in [6.45, 7) is 0.0881. The minimum Gasteiger partial charge on any atom is -0.476 e. The maximum atomic E-state index is 12.8. The van der Waals surface area contributed by atoms with Gasteiger partial charge >= 0.3 is 5.97 Å². The number of carbonyl (C=O) groups is 1. The molecule has 0 atom stereocenters. The van der Waals surface area contributed by atoms with Crippen LogP contribution in [0.5, 0.6) is 0 Å². The van der Waals surface area contributed by atoms with Gasteiger partial charge in [-0.2, -0.15) is 0 Å². The summed E-state index contributed by atoms with van der Waals surface area (Å²) in [4.78, 5) is 14.8. The molecule has 0 aromatic carbocycles. The Morgan fingerprint density at radius 1 is 1.53 bits per heavy atom. The molecule has 0 fully saturated rings. The summed E-state index contributed by atoms with van der Waals surface area (Å²) in [7, 11) is 1.78. The van der Waals surface area contributed by atoms with E-state index in [2.05, 4.69) is 15.3 Å². The van der Waals surface area contributed by atoms with Crippen molar-refractivity contribution < 1.29 is 18.7 Å². The van der Waals surface area contributed by atoms with E-state index in [0.29, 0.717) is 12.2 Å². The number of halogens is 2. The van der Waals surface area contributed by atoms with Crippen LogP contribution >= 0.6 is 0 Å². The van der Waals surface area contributed by atoms with Crippen LogP contribution in [0.15, 0.2) is 12.4 Å². The van der Waals surface area contributed by atoms with Crippen LogP contribution in [0, 0.1) is 0 Å². The second kappa shape index (κ2) is 5.12. The summed E-state index contributed by atoms with van der Waals surface area (Å²) in [6, 6.07) is 0. The first-order valence-electron chi connectivity index (χ1n) is 5.41. The van der Waals surface area contributed by atoms with Crippen LogP contribution in [0.2, 0.25) is 0 Å². The Morgan fingerprint density at radius 3 is 2.79 bits per heavy atom. The largest absolute Gasteiger partial charge is 0.476 e. The predicted octanol–water partition coefficient (Wildman–Crippen LogP) is 0.890. The van der Waals surface area contributed by atoms with Crippen LogP contribution in [0.1, 0.15) is 28.4 Å². The van der Waals surface area contributed by atoms with Gasteiger partial charge in [-0.1, -0.05) is 5.21 Å². The Hall–Kier alpha value is -2.32. The molecule has 0 bridgehead atoms. The molecule has 0 aliphatic carbocycles. The molecule has 102 valence electrons. The fraction of sp³-hybridized carbons (Fsp3) is 0.400. The van der Waals surface area contributed by atoms with E-state index < -0.39 is 23.8 Å². The van der Waals surface area contributed by atoms with E-state index in [1.807, 2.05) is 0 Å². The van der Waals surface area contributed by atoms with Crippen LogP contribution in [-0.4, -0.2) is 35.6 Å². The number of nitrogens with zero attached hydrogens (tertiary/aromatic N) is 5. The summed E-state index contributed by atoms with van der Waals surface area (Å²) in [5.41, 5.74) is -1.39. The number of carboxylic acid groups (broad SMARTS) is 1. The van der Waals surface area contributed by atoms with Gasteiger partial charge in [-0.3, -0.25) is 0 Å². The molecule has 2 aromatic rings. The number of alkyl halides is 2. The predicted molar refractivity (Wildman–Crippen MR) is 58.9 cm³/mol. The van der Waals surface area contributed by atoms with Crippen molar-refractivity contribution in [3.63, 3.8) is 0 Å². The lowest BCUT2D eigenvalue weighted by Gasteiger charge is -2.06. The zero-order chi connectivity index (χ0) is 14.0. The number of aromatic carboxylic acids is 1. The van der Waals surface area contributed by atoms with Crippen LogP contribution in [-0.2, 0) is 20.0 Å². The summed E-state index contributed by atoms with van der Waals surface area (Å²) in [6.07, 6.45) is 0.731. The van der Waals surface area contributed by atoms with Crippen LogP contribution in [0.25, 0.3) is 0 Å². The zero-order valence-corrected chi connectivity index (χ0v) is 9.99. The molecule has 2 aromatic heterocycles. The zero-order valence-electron chi connectivity index (χ0n) is 9.99. The van der Waals surface area contributed by atoms with Crippen molar-refractivity contribution in [2.24, 2.45) is 7.05 Å². The number of aryl methyl sites for hydroxylation is 3. The average Bonchev–Trinajstić information content (AvgIpc) is 2.92. The van der Waals surface area contributed by atoms with E-state index in [1.165, 1.54) is 0 Å². The van der Waals surface area contributed by atoms with Crippen molar-refractivity contribution in [1.29, 1.82) is 0 Å². The molecule has 7 nitrogen and oxygen atoms in total. The molecule has 2 rings (SSSR count). The average molecular weight is 271 g/mol. The van der Waals surface area contributed by atoms with E-state index in [1.54, 1.807) is 24.0 Å². The van der Waals surface area contributed by atoms with Crippen molar-refractivity contribution in [3.8, 4) is 0 Å². The number of imidazole rings is 1. The quantitative estimate of drug-likeness (QED) is 0.872. The molecule has 0 spiro atoms.